The Labute approximate surface area is 130 Å². The lowest BCUT2D eigenvalue weighted by molar-refractivity contribution is 0.401. The van der Waals surface area contributed by atoms with E-state index in [-0.39, 0.29) is 5.41 Å². The molecule has 1 heterocycles. The molecule has 3 nitrogen and oxygen atoms in total. The van der Waals surface area contributed by atoms with Crippen LogP contribution < -0.4 is 5.32 Å². The van der Waals surface area contributed by atoms with Crippen molar-refractivity contribution in [2.24, 2.45) is 11.8 Å². The lowest BCUT2D eigenvalue weighted by Gasteiger charge is -2.27. The summed E-state index contributed by atoms with van der Waals surface area (Å²) in [6, 6.07) is 0. The van der Waals surface area contributed by atoms with Crippen molar-refractivity contribution in [2.75, 3.05) is 13.1 Å². The molecule has 1 unspecified atom stereocenters. The molecule has 0 spiro atoms. The molecular weight excluding hydrogens is 258 g/mol. The maximum Gasteiger partial charge on any atom is 0.134 e. The summed E-state index contributed by atoms with van der Waals surface area (Å²) in [6.45, 7) is 15.5. The third-order valence-corrected chi connectivity index (χ3v) is 4.24. The summed E-state index contributed by atoms with van der Waals surface area (Å²) in [4.78, 5) is 9.63. The Balaban J connectivity index is 2.08. The second-order valence-corrected chi connectivity index (χ2v) is 7.97. The molecule has 0 aliphatic heterocycles. The molecule has 0 aromatic carbocycles. The third kappa shape index (κ3) is 4.26. The standard InChI is InChI=1S/C18H31N3/c1-12(2)10-19-11-14-7-8-16-15(9-14)13(3)20-17(21-16)18(4,5)6/h12,14,19H,7-11H2,1-6H3. The van der Waals surface area contributed by atoms with Crippen LogP contribution in [0.4, 0.5) is 0 Å². The molecule has 118 valence electrons. The van der Waals surface area contributed by atoms with Gasteiger partial charge in [-0.3, -0.25) is 0 Å². The van der Waals surface area contributed by atoms with Gasteiger partial charge in [-0.25, -0.2) is 9.97 Å². The summed E-state index contributed by atoms with van der Waals surface area (Å²) in [5.74, 6) is 2.45. The highest BCUT2D eigenvalue weighted by atomic mass is 14.9. The smallest absolute Gasteiger partial charge is 0.134 e. The second-order valence-electron chi connectivity index (χ2n) is 7.97. The van der Waals surface area contributed by atoms with Crippen molar-refractivity contribution in [3.63, 3.8) is 0 Å². The maximum atomic E-state index is 4.86. The first kappa shape index (κ1) is 16.4. The Kier molecular flexibility index (Phi) is 5.03. The summed E-state index contributed by atoms with van der Waals surface area (Å²) >= 11 is 0. The minimum atomic E-state index is 0.0372. The number of nitrogens with one attached hydrogen (secondary N) is 1. The molecule has 1 aliphatic carbocycles. The Bertz CT molecular complexity index is 486. The predicted octanol–water partition coefficient (Wildman–Crippen LogP) is 3.43. The van der Waals surface area contributed by atoms with E-state index in [1.165, 1.54) is 23.4 Å². The van der Waals surface area contributed by atoms with Gasteiger partial charge in [-0.2, -0.15) is 0 Å². The van der Waals surface area contributed by atoms with Crippen molar-refractivity contribution in [1.82, 2.24) is 15.3 Å². The fourth-order valence-corrected chi connectivity index (χ4v) is 2.95. The molecule has 0 bridgehead atoms. The topological polar surface area (TPSA) is 37.8 Å². The third-order valence-electron chi connectivity index (χ3n) is 4.24. The normalized spacial score (nSPS) is 18.9. The summed E-state index contributed by atoms with van der Waals surface area (Å²) in [6.07, 6.45) is 3.49. The zero-order chi connectivity index (χ0) is 15.6. The molecule has 0 saturated carbocycles. The minimum Gasteiger partial charge on any atom is -0.316 e. The average Bonchev–Trinajstić information content (AvgIpc) is 2.37. The summed E-state index contributed by atoms with van der Waals surface area (Å²) in [5.41, 5.74) is 3.94. The highest BCUT2D eigenvalue weighted by Crippen LogP contribution is 2.28. The largest absolute Gasteiger partial charge is 0.316 e. The molecule has 1 aromatic rings. The van der Waals surface area contributed by atoms with Crippen molar-refractivity contribution < 1.29 is 0 Å². The number of nitrogens with zero attached hydrogens (tertiary/aromatic N) is 2. The molecule has 0 amide bonds. The molecule has 1 aliphatic rings. The van der Waals surface area contributed by atoms with Gasteiger partial charge >= 0.3 is 0 Å². The fraction of sp³-hybridized carbons (Fsp3) is 0.778. The van der Waals surface area contributed by atoms with E-state index in [1.54, 1.807) is 0 Å². The van der Waals surface area contributed by atoms with Crippen LogP contribution in [0.2, 0.25) is 0 Å². The zero-order valence-electron chi connectivity index (χ0n) is 14.6. The van der Waals surface area contributed by atoms with Crippen LogP contribution in [0, 0.1) is 18.8 Å². The Morgan fingerprint density at radius 3 is 2.57 bits per heavy atom. The van der Waals surface area contributed by atoms with E-state index in [0.29, 0.717) is 0 Å². The minimum absolute atomic E-state index is 0.0372. The first-order valence-electron chi connectivity index (χ1n) is 8.35. The first-order chi connectivity index (χ1) is 9.77. The molecule has 0 fully saturated rings. The van der Waals surface area contributed by atoms with Gasteiger partial charge in [-0.15, -0.1) is 0 Å². The quantitative estimate of drug-likeness (QED) is 0.922. The van der Waals surface area contributed by atoms with Gasteiger partial charge in [0.25, 0.3) is 0 Å². The number of rotatable bonds is 4. The van der Waals surface area contributed by atoms with Crippen LogP contribution in [0.3, 0.4) is 0 Å². The monoisotopic (exact) mass is 289 g/mol. The van der Waals surface area contributed by atoms with E-state index in [1.807, 2.05) is 0 Å². The van der Waals surface area contributed by atoms with Crippen LogP contribution in [-0.4, -0.2) is 23.1 Å². The van der Waals surface area contributed by atoms with E-state index in [2.05, 4.69) is 46.9 Å². The van der Waals surface area contributed by atoms with Crippen LogP contribution in [0.15, 0.2) is 0 Å². The van der Waals surface area contributed by atoms with Gasteiger partial charge < -0.3 is 5.32 Å². The highest BCUT2D eigenvalue weighted by Gasteiger charge is 2.25. The predicted molar refractivity (Wildman–Crippen MR) is 88.7 cm³/mol. The first-order valence-corrected chi connectivity index (χ1v) is 8.35. The van der Waals surface area contributed by atoms with Gasteiger partial charge in [-0.1, -0.05) is 34.6 Å². The molecular formula is C18H31N3. The van der Waals surface area contributed by atoms with Crippen LogP contribution in [0.25, 0.3) is 0 Å². The Hall–Kier alpha value is -0.960. The Morgan fingerprint density at radius 2 is 1.95 bits per heavy atom. The zero-order valence-corrected chi connectivity index (χ0v) is 14.6. The number of aromatic nitrogens is 2. The van der Waals surface area contributed by atoms with Gasteiger partial charge in [0.05, 0.1) is 0 Å². The second kappa shape index (κ2) is 6.43. The van der Waals surface area contributed by atoms with E-state index >= 15 is 0 Å². The van der Waals surface area contributed by atoms with Crippen LogP contribution in [0.1, 0.15) is 63.8 Å². The molecule has 1 aromatic heterocycles. The van der Waals surface area contributed by atoms with Crippen molar-refractivity contribution in [3.8, 4) is 0 Å². The van der Waals surface area contributed by atoms with Gasteiger partial charge in [0.15, 0.2) is 0 Å². The average molecular weight is 289 g/mol. The fourth-order valence-electron chi connectivity index (χ4n) is 2.95. The molecule has 1 atom stereocenters. The molecule has 0 radical (unpaired) electrons. The van der Waals surface area contributed by atoms with Gasteiger partial charge in [0.1, 0.15) is 5.82 Å². The number of fused-ring (bicyclic) bond motifs is 1. The molecule has 1 N–H and O–H groups in total. The van der Waals surface area contributed by atoms with Crippen molar-refractivity contribution in [2.45, 2.75) is 66.2 Å². The van der Waals surface area contributed by atoms with E-state index in [4.69, 9.17) is 9.97 Å². The lowest BCUT2D eigenvalue weighted by atomic mass is 9.85. The lowest BCUT2D eigenvalue weighted by Crippen LogP contribution is -2.31. The van der Waals surface area contributed by atoms with Gasteiger partial charge in [-0.05, 0) is 56.7 Å². The summed E-state index contributed by atoms with van der Waals surface area (Å²) < 4.78 is 0. The van der Waals surface area contributed by atoms with Crippen LogP contribution >= 0.6 is 0 Å². The van der Waals surface area contributed by atoms with E-state index in [0.717, 1.165) is 43.6 Å². The molecule has 0 saturated heterocycles. The summed E-state index contributed by atoms with van der Waals surface area (Å²) in [5, 5.41) is 3.60. The number of aryl methyl sites for hydroxylation is 2. The van der Waals surface area contributed by atoms with E-state index in [9.17, 15) is 0 Å². The number of hydrogen-bond acceptors (Lipinski definition) is 3. The maximum absolute atomic E-state index is 4.86. The SMILES string of the molecule is Cc1nc(C(C)(C)C)nc2c1CC(CNCC(C)C)CC2. The molecule has 21 heavy (non-hydrogen) atoms. The Morgan fingerprint density at radius 1 is 1.24 bits per heavy atom. The van der Waals surface area contributed by atoms with Crippen LogP contribution in [-0.2, 0) is 18.3 Å². The van der Waals surface area contributed by atoms with Crippen molar-refractivity contribution >= 4 is 0 Å². The van der Waals surface area contributed by atoms with Crippen molar-refractivity contribution in [1.29, 1.82) is 0 Å². The van der Waals surface area contributed by atoms with Gasteiger partial charge in [0.2, 0.25) is 0 Å². The molecule has 2 rings (SSSR count). The number of hydrogen-bond donors (Lipinski definition) is 1. The van der Waals surface area contributed by atoms with E-state index < -0.39 is 0 Å². The van der Waals surface area contributed by atoms with Gasteiger partial charge in [0, 0.05) is 16.8 Å². The summed E-state index contributed by atoms with van der Waals surface area (Å²) in [7, 11) is 0. The van der Waals surface area contributed by atoms with Crippen LogP contribution in [0.5, 0.6) is 0 Å². The van der Waals surface area contributed by atoms with Crippen molar-refractivity contribution in [3.05, 3.63) is 22.8 Å². The molecule has 3 heteroatoms. The highest BCUT2D eigenvalue weighted by molar-refractivity contribution is 5.29.